The molecule has 0 spiro atoms. The number of rotatable bonds is 3. The van der Waals surface area contributed by atoms with Gasteiger partial charge in [-0.25, -0.2) is 0 Å². The Morgan fingerprint density at radius 2 is 1.76 bits per heavy atom. The second-order valence-corrected chi connectivity index (χ2v) is 4.96. The van der Waals surface area contributed by atoms with Gasteiger partial charge >= 0.3 is 5.97 Å². The summed E-state index contributed by atoms with van der Waals surface area (Å²) in [6.07, 6.45) is 0. The molecule has 0 radical (unpaired) electrons. The van der Waals surface area contributed by atoms with E-state index in [1.807, 2.05) is 19.1 Å². The van der Waals surface area contributed by atoms with E-state index < -0.39 is 5.97 Å². The van der Waals surface area contributed by atoms with Gasteiger partial charge in [0.25, 0.3) is 5.91 Å². The van der Waals surface area contributed by atoms with E-state index in [0.717, 1.165) is 5.56 Å². The molecular formula is C16H14ClNO3. The van der Waals surface area contributed by atoms with Crippen molar-refractivity contribution >= 4 is 29.2 Å². The number of nitrogens with one attached hydrogen (secondary N) is 1. The van der Waals surface area contributed by atoms with Crippen molar-refractivity contribution in [1.82, 2.24) is 0 Å². The average molecular weight is 304 g/mol. The summed E-state index contributed by atoms with van der Waals surface area (Å²) in [6.45, 7) is 3.26. The molecule has 0 saturated carbocycles. The van der Waals surface area contributed by atoms with Gasteiger partial charge in [0, 0.05) is 18.6 Å². The van der Waals surface area contributed by atoms with E-state index in [1.165, 1.54) is 13.0 Å². The first kappa shape index (κ1) is 15.1. The minimum atomic E-state index is -0.428. The molecule has 2 aromatic carbocycles. The zero-order valence-corrected chi connectivity index (χ0v) is 12.4. The van der Waals surface area contributed by atoms with E-state index >= 15 is 0 Å². The molecule has 0 heterocycles. The van der Waals surface area contributed by atoms with Gasteiger partial charge in [0.1, 0.15) is 5.75 Å². The molecule has 108 valence electrons. The van der Waals surface area contributed by atoms with Crippen LogP contribution in [0.4, 0.5) is 5.69 Å². The Morgan fingerprint density at radius 1 is 1.10 bits per heavy atom. The van der Waals surface area contributed by atoms with Crippen LogP contribution in [0.5, 0.6) is 5.75 Å². The fourth-order valence-electron chi connectivity index (χ4n) is 1.73. The zero-order chi connectivity index (χ0) is 15.4. The van der Waals surface area contributed by atoms with Gasteiger partial charge in [-0.05, 0) is 31.2 Å². The second-order valence-electron chi connectivity index (χ2n) is 4.56. The van der Waals surface area contributed by atoms with Crippen molar-refractivity contribution in [3.8, 4) is 5.75 Å². The lowest BCUT2D eigenvalue weighted by atomic mass is 10.1. The third-order valence-corrected chi connectivity index (χ3v) is 3.08. The number of carbonyl (C=O) groups excluding carboxylic acids is 2. The topological polar surface area (TPSA) is 55.4 Å². The second kappa shape index (κ2) is 6.41. The van der Waals surface area contributed by atoms with Crippen molar-refractivity contribution in [3.05, 3.63) is 58.6 Å². The lowest BCUT2D eigenvalue weighted by molar-refractivity contribution is -0.131. The summed E-state index contributed by atoms with van der Waals surface area (Å²) >= 11 is 6.06. The highest BCUT2D eigenvalue weighted by Crippen LogP contribution is 2.27. The first-order chi connectivity index (χ1) is 9.95. The minimum absolute atomic E-state index is 0.253. The van der Waals surface area contributed by atoms with E-state index in [0.29, 0.717) is 22.0 Å². The zero-order valence-electron chi connectivity index (χ0n) is 11.6. The summed E-state index contributed by atoms with van der Waals surface area (Å²) in [4.78, 5) is 22.9. The van der Waals surface area contributed by atoms with E-state index in [4.69, 9.17) is 16.3 Å². The summed E-state index contributed by atoms with van der Waals surface area (Å²) in [5.41, 5.74) is 2.08. The van der Waals surface area contributed by atoms with Gasteiger partial charge in [0.05, 0.1) is 10.7 Å². The molecular weight excluding hydrogens is 290 g/mol. The highest BCUT2D eigenvalue weighted by atomic mass is 35.5. The molecule has 0 fully saturated rings. The van der Waals surface area contributed by atoms with Crippen molar-refractivity contribution in [2.75, 3.05) is 5.32 Å². The van der Waals surface area contributed by atoms with Gasteiger partial charge in [-0.15, -0.1) is 0 Å². The maximum Gasteiger partial charge on any atom is 0.308 e. The summed E-state index contributed by atoms with van der Waals surface area (Å²) < 4.78 is 4.92. The number of amides is 1. The Hall–Kier alpha value is -2.33. The number of ether oxygens (including phenoxy) is 1. The van der Waals surface area contributed by atoms with Crippen molar-refractivity contribution < 1.29 is 14.3 Å². The molecule has 0 atom stereocenters. The molecule has 1 amide bonds. The quantitative estimate of drug-likeness (QED) is 0.692. The number of esters is 1. The summed E-state index contributed by atoms with van der Waals surface area (Å²) in [7, 11) is 0. The van der Waals surface area contributed by atoms with Crippen LogP contribution in [0.1, 0.15) is 22.8 Å². The van der Waals surface area contributed by atoms with Crippen LogP contribution in [0.15, 0.2) is 42.5 Å². The molecule has 5 heteroatoms. The van der Waals surface area contributed by atoms with Crippen molar-refractivity contribution in [2.45, 2.75) is 13.8 Å². The molecule has 0 aliphatic rings. The number of anilines is 1. The molecule has 0 aromatic heterocycles. The number of halogens is 1. The molecule has 0 bridgehead atoms. The van der Waals surface area contributed by atoms with Crippen molar-refractivity contribution in [2.24, 2.45) is 0 Å². The summed E-state index contributed by atoms with van der Waals surface area (Å²) in [5.74, 6) is -0.347. The Labute approximate surface area is 127 Å². The number of hydrogen-bond acceptors (Lipinski definition) is 3. The summed E-state index contributed by atoms with van der Waals surface area (Å²) in [5, 5.41) is 3.02. The number of carbonyl (C=O) groups is 2. The molecule has 0 unspecified atom stereocenters. The lowest BCUT2D eigenvalue weighted by Gasteiger charge is -2.09. The van der Waals surface area contributed by atoms with Crippen LogP contribution >= 0.6 is 11.6 Å². The normalized spacial score (nSPS) is 10.0. The van der Waals surface area contributed by atoms with E-state index in [1.54, 1.807) is 24.3 Å². The van der Waals surface area contributed by atoms with E-state index in [2.05, 4.69) is 5.32 Å². The van der Waals surface area contributed by atoms with Crippen LogP contribution in [0.3, 0.4) is 0 Å². The monoisotopic (exact) mass is 303 g/mol. The smallest absolute Gasteiger partial charge is 0.308 e. The van der Waals surface area contributed by atoms with Gasteiger partial charge in [0.15, 0.2) is 0 Å². The highest BCUT2D eigenvalue weighted by molar-refractivity contribution is 6.34. The van der Waals surface area contributed by atoms with Gasteiger partial charge in [-0.1, -0.05) is 29.3 Å². The molecule has 2 rings (SSSR count). The van der Waals surface area contributed by atoms with Crippen LogP contribution in [0, 0.1) is 6.92 Å². The van der Waals surface area contributed by atoms with Crippen LogP contribution in [0.25, 0.3) is 0 Å². The third kappa shape index (κ3) is 4.07. The Balaban J connectivity index is 2.14. The lowest BCUT2D eigenvalue weighted by Crippen LogP contribution is -2.12. The fourth-order valence-corrected chi connectivity index (χ4v) is 1.94. The van der Waals surface area contributed by atoms with Crippen molar-refractivity contribution in [1.29, 1.82) is 0 Å². The molecule has 0 saturated heterocycles. The van der Waals surface area contributed by atoms with Gasteiger partial charge in [-0.3, -0.25) is 9.59 Å². The first-order valence-electron chi connectivity index (χ1n) is 6.31. The fraction of sp³-hybridized carbons (Fsp3) is 0.125. The standard InChI is InChI=1S/C16H14ClNO3/c1-10-3-5-12(6-4-10)16(20)18-15-8-7-13(9-14(15)17)21-11(2)19/h3-9H,1-2H3,(H,18,20). The van der Waals surface area contributed by atoms with Crippen molar-refractivity contribution in [3.63, 3.8) is 0 Å². The number of hydrogen-bond donors (Lipinski definition) is 1. The molecule has 4 nitrogen and oxygen atoms in total. The van der Waals surface area contributed by atoms with Crippen LogP contribution in [-0.4, -0.2) is 11.9 Å². The maximum absolute atomic E-state index is 12.1. The first-order valence-corrected chi connectivity index (χ1v) is 6.69. The Kier molecular flexibility index (Phi) is 4.60. The average Bonchev–Trinajstić information content (AvgIpc) is 2.42. The largest absolute Gasteiger partial charge is 0.427 e. The molecule has 21 heavy (non-hydrogen) atoms. The molecule has 1 N–H and O–H groups in total. The highest BCUT2D eigenvalue weighted by Gasteiger charge is 2.09. The number of aryl methyl sites for hydroxylation is 1. The van der Waals surface area contributed by atoms with Gasteiger partial charge < -0.3 is 10.1 Å². The minimum Gasteiger partial charge on any atom is -0.427 e. The van der Waals surface area contributed by atoms with E-state index in [9.17, 15) is 9.59 Å². The molecule has 0 aliphatic heterocycles. The van der Waals surface area contributed by atoms with E-state index in [-0.39, 0.29) is 5.91 Å². The Morgan fingerprint density at radius 3 is 2.33 bits per heavy atom. The van der Waals surface area contributed by atoms with Crippen LogP contribution in [0.2, 0.25) is 5.02 Å². The summed E-state index contributed by atoms with van der Waals surface area (Å²) in [6, 6.07) is 11.8. The number of benzene rings is 2. The molecule has 2 aromatic rings. The predicted molar refractivity (Wildman–Crippen MR) is 81.9 cm³/mol. The van der Waals surface area contributed by atoms with Crippen LogP contribution in [-0.2, 0) is 4.79 Å². The molecule has 0 aliphatic carbocycles. The van der Waals surface area contributed by atoms with Crippen LogP contribution < -0.4 is 10.1 Å². The van der Waals surface area contributed by atoms with Gasteiger partial charge in [0.2, 0.25) is 0 Å². The predicted octanol–water partition coefficient (Wildman–Crippen LogP) is 3.83. The Bertz CT molecular complexity index is 680. The maximum atomic E-state index is 12.1. The SMILES string of the molecule is CC(=O)Oc1ccc(NC(=O)c2ccc(C)cc2)c(Cl)c1. The van der Waals surface area contributed by atoms with Gasteiger partial charge in [-0.2, -0.15) is 0 Å². The third-order valence-electron chi connectivity index (χ3n) is 2.76.